The summed E-state index contributed by atoms with van der Waals surface area (Å²) in [5, 5.41) is 18.6. The molecule has 0 spiro atoms. The zero-order valence-corrected chi connectivity index (χ0v) is 17.3. The van der Waals surface area contributed by atoms with Gasteiger partial charge in [0, 0.05) is 18.8 Å². The molecule has 0 radical (unpaired) electrons. The molecule has 4 atom stereocenters. The van der Waals surface area contributed by atoms with Gasteiger partial charge in [-0.15, -0.1) is 0 Å². The van der Waals surface area contributed by atoms with Gasteiger partial charge in [-0.25, -0.2) is 9.97 Å². The van der Waals surface area contributed by atoms with Crippen molar-refractivity contribution in [3.63, 3.8) is 0 Å². The van der Waals surface area contributed by atoms with Gasteiger partial charge in [-0.05, 0) is 27.5 Å². The van der Waals surface area contributed by atoms with Crippen molar-refractivity contribution in [1.29, 1.82) is 0 Å². The average Bonchev–Trinajstić information content (AvgIpc) is 3.15. The number of halogens is 2. The van der Waals surface area contributed by atoms with E-state index in [0.29, 0.717) is 15.8 Å². The molecule has 2 N–H and O–H groups in total. The molecule has 1 fully saturated rings. The predicted octanol–water partition coefficient (Wildman–Crippen LogP) is 1.88. The minimum Gasteiger partial charge on any atom is -0.481 e. The third kappa shape index (κ3) is 4.65. The lowest BCUT2D eigenvalue weighted by molar-refractivity contribution is -0.147. The van der Waals surface area contributed by atoms with E-state index in [1.165, 1.54) is 17.8 Å². The lowest BCUT2D eigenvalue weighted by atomic mass is 9.84. The summed E-state index contributed by atoms with van der Waals surface area (Å²) in [6.45, 7) is 1.01. The predicted molar refractivity (Wildman–Crippen MR) is 100 cm³/mol. The summed E-state index contributed by atoms with van der Waals surface area (Å²) in [7, 11) is 0. The van der Waals surface area contributed by atoms with Crippen LogP contribution in [0.15, 0.2) is 10.9 Å². The molecule has 13 heteroatoms. The number of aliphatic carboxylic acids is 2. The molecule has 3 heterocycles. The monoisotopic (exact) mass is 490 g/mol. The van der Waals surface area contributed by atoms with E-state index in [1.807, 2.05) is 0 Å². The Bertz CT molecular complexity index is 968. The van der Waals surface area contributed by atoms with Gasteiger partial charge in [-0.1, -0.05) is 0 Å². The summed E-state index contributed by atoms with van der Waals surface area (Å²) in [5.74, 6) is -4.26. The first-order valence-electron chi connectivity index (χ1n) is 8.45. The number of rotatable bonds is 7. The number of esters is 1. The van der Waals surface area contributed by atoms with Crippen LogP contribution in [-0.2, 0) is 23.9 Å². The van der Waals surface area contributed by atoms with E-state index >= 15 is 0 Å². The van der Waals surface area contributed by atoms with Gasteiger partial charge < -0.3 is 19.7 Å². The molecular formula is C16H16BrClN4O7. The summed E-state index contributed by atoms with van der Waals surface area (Å²) in [4.78, 5) is 46.4. The fourth-order valence-corrected chi connectivity index (χ4v) is 4.20. The molecule has 2 aromatic rings. The normalized spacial score (nSPS) is 24.0. The molecule has 11 nitrogen and oxygen atoms in total. The lowest BCUT2D eigenvalue weighted by Crippen LogP contribution is -2.29. The number of carbonyl (C=O) groups excluding carboxylic acids is 1. The number of carboxylic acid groups (broad SMARTS) is 2. The van der Waals surface area contributed by atoms with Gasteiger partial charge in [-0.2, -0.15) is 4.98 Å². The number of aromatic nitrogens is 4. The maximum absolute atomic E-state index is 11.5. The van der Waals surface area contributed by atoms with Crippen LogP contribution >= 0.6 is 27.5 Å². The SMILES string of the molecule is CC(=O)OC[C@@H]1O[C@@H](n2cnc3c(Br)nc(Cl)nc32)[C@H](CC(=O)O)[C@H]1CC(=O)O. The molecule has 0 unspecified atom stereocenters. The van der Waals surface area contributed by atoms with E-state index < -0.39 is 42.1 Å². The summed E-state index contributed by atoms with van der Waals surface area (Å²) < 4.78 is 12.8. The smallest absolute Gasteiger partial charge is 0.303 e. The maximum Gasteiger partial charge on any atom is 0.303 e. The van der Waals surface area contributed by atoms with Crippen molar-refractivity contribution in [3.8, 4) is 0 Å². The third-order valence-corrected chi connectivity index (χ3v) is 5.33. The van der Waals surface area contributed by atoms with Crippen molar-refractivity contribution in [3.05, 3.63) is 16.2 Å². The van der Waals surface area contributed by atoms with Gasteiger partial charge in [0.2, 0.25) is 5.28 Å². The molecule has 3 rings (SSSR count). The number of nitrogens with zero attached hydrogens (tertiary/aromatic N) is 4. The van der Waals surface area contributed by atoms with E-state index in [2.05, 4.69) is 30.9 Å². The molecule has 0 aromatic carbocycles. The Morgan fingerprint density at radius 3 is 2.52 bits per heavy atom. The van der Waals surface area contributed by atoms with E-state index in [4.69, 9.17) is 21.1 Å². The van der Waals surface area contributed by atoms with Crippen molar-refractivity contribution < 1.29 is 34.1 Å². The molecule has 0 aliphatic carbocycles. The topological polar surface area (TPSA) is 154 Å². The largest absolute Gasteiger partial charge is 0.481 e. The number of hydrogen-bond donors (Lipinski definition) is 2. The van der Waals surface area contributed by atoms with Crippen molar-refractivity contribution in [1.82, 2.24) is 19.5 Å². The lowest BCUT2D eigenvalue weighted by Gasteiger charge is -2.22. The van der Waals surface area contributed by atoms with Crippen molar-refractivity contribution in [2.24, 2.45) is 11.8 Å². The maximum atomic E-state index is 11.5. The fraction of sp³-hybridized carbons (Fsp3) is 0.500. The van der Waals surface area contributed by atoms with E-state index in [9.17, 15) is 24.6 Å². The van der Waals surface area contributed by atoms with Crippen LogP contribution in [0.25, 0.3) is 11.2 Å². The fourth-order valence-electron chi connectivity index (χ4n) is 3.48. The molecule has 1 saturated heterocycles. The molecule has 29 heavy (non-hydrogen) atoms. The van der Waals surface area contributed by atoms with Gasteiger partial charge >= 0.3 is 17.9 Å². The molecular weight excluding hydrogens is 476 g/mol. The molecule has 0 saturated carbocycles. The van der Waals surface area contributed by atoms with E-state index in [1.54, 1.807) is 0 Å². The van der Waals surface area contributed by atoms with Crippen LogP contribution in [-0.4, -0.2) is 60.4 Å². The second-order valence-electron chi connectivity index (χ2n) is 6.50. The number of hydrogen-bond acceptors (Lipinski definition) is 8. The summed E-state index contributed by atoms with van der Waals surface area (Å²) in [5.41, 5.74) is 0.671. The van der Waals surface area contributed by atoms with Crippen LogP contribution in [0.4, 0.5) is 0 Å². The first-order valence-corrected chi connectivity index (χ1v) is 9.62. The highest BCUT2D eigenvalue weighted by molar-refractivity contribution is 9.10. The first kappa shape index (κ1) is 21.4. The molecule has 156 valence electrons. The zero-order chi connectivity index (χ0) is 21.3. The Hall–Kier alpha value is -2.31. The van der Waals surface area contributed by atoms with Crippen molar-refractivity contribution >= 4 is 56.6 Å². The van der Waals surface area contributed by atoms with Crippen molar-refractivity contribution in [2.75, 3.05) is 6.61 Å². The summed E-state index contributed by atoms with van der Waals surface area (Å²) in [6.07, 6.45) is -1.04. The second kappa shape index (κ2) is 8.59. The summed E-state index contributed by atoms with van der Waals surface area (Å²) in [6, 6.07) is 0. The summed E-state index contributed by atoms with van der Waals surface area (Å²) >= 11 is 9.17. The Balaban J connectivity index is 2.04. The minimum atomic E-state index is -1.12. The number of carboxylic acids is 2. The Morgan fingerprint density at radius 2 is 1.90 bits per heavy atom. The zero-order valence-electron chi connectivity index (χ0n) is 15.0. The Morgan fingerprint density at radius 1 is 1.24 bits per heavy atom. The number of carbonyl (C=O) groups is 3. The van der Waals surface area contributed by atoms with Gasteiger partial charge in [-0.3, -0.25) is 19.0 Å². The first-order chi connectivity index (χ1) is 13.7. The average molecular weight is 492 g/mol. The van der Waals surface area contributed by atoms with Gasteiger partial charge in [0.15, 0.2) is 5.65 Å². The van der Waals surface area contributed by atoms with E-state index in [-0.39, 0.29) is 24.7 Å². The Labute approximate surface area is 177 Å². The highest BCUT2D eigenvalue weighted by Crippen LogP contribution is 2.44. The third-order valence-electron chi connectivity index (χ3n) is 4.61. The Kier molecular flexibility index (Phi) is 6.34. The molecule has 1 aliphatic rings. The number of ether oxygens (including phenoxy) is 2. The highest BCUT2D eigenvalue weighted by Gasteiger charge is 2.48. The van der Waals surface area contributed by atoms with Gasteiger partial charge in [0.05, 0.1) is 25.3 Å². The number of imidazole rings is 1. The van der Waals surface area contributed by atoms with Crippen LogP contribution in [0.2, 0.25) is 5.28 Å². The standard InChI is InChI=1S/C16H16BrClN4O7/c1-6(23)28-4-9-7(2-10(24)25)8(3-11(26)27)15(29-9)22-5-19-12-13(17)20-16(18)21-14(12)22/h5,7-9,15H,2-4H2,1H3,(H,24,25)(H,26,27)/t7-,8-,9+,15-/m1/s1. The van der Waals surface area contributed by atoms with Crippen molar-refractivity contribution in [2.45, 2.75) is 32.1 Å². The van der Waals surface area contributed by atoms with Crippen LogP contribution < -0.4 is 0 Å². The minimum absolute atomic E-state index is 0.0579. The second-order valence-corrected chi connectivity index (χ2v) is 7.59. The highest BCUT2D eigenvalue weighted by atomic mass is 79.9. The molecule has 0 amide bonds. The van der Waals surface area contributed by atoms with E-state index in [0.717, 1.165) is 0 Å². The van der Waals surface area contributed by atoms with Crippen LogP contribution in [0.5, 0.6) is 0 Å². The molecule has 2 aromatic heterocycles. The van der Waals surface area contributed by atoms with Crippen LogP contribution in [0.3, 0.4) is 0 Å². The number of fused-ring (bicyclic) bond motifs is 1. The quantitative estimate of drug-likeness (QED) is 0.333. The van der Waals surface area contributed by atoms with Gasteiger partial charge in [0.25, 0.3) is 0 Å². The van der Waals surface area contributed by atoms with Crippen LogP contribution in [0.1, 0.15) is 26.0 Å². The van der Waals surface area contributed by atoms with Gasteiger partial charge in [0.1, 0.15) is 23.0 Å². The van der Waals surface area contributed by atoms with Crippen LogP contribution in [0, 0.1) is 11.8 Å². The molecule has 1 aliphatic heterocycles. The molecule has 0 bridgehead atoms.